The van der Waals surface area contributed by atoms with E-state index in [1.165, 1.54) is 0 Å². The zero-order valence-electron chi connectivity index (χ0n) is 8.79. The Kier molecular flexibility index (Phi) is 3.02. The summed E-state index contributed by atoms with van der Waals surface area (Å²) in [5.41, 5.74) is 1.96. The van der Waals surface area contributed by atoms with Crippen LogP contribution in [0.4, 0.5) is 0 Å². The molecule has 0 unspecified atom stereocenters. The third kappa shape index (κ3) is 2.18. The second-order valence-electron chi connectivity index (χ2n) is 3.58. The van der Waals surface area contributed by atoms with Crippen molar-refractivity contribution in [2.24, 2.45) is 0 Å². The molecule has 80 valence electrons. The molecule has 0 spiro atoms. The van der Waals surface area contributed by atoms with Crippen molar-refractivity contribution in [3.8, 4) is 5.75 Å². The number of carbonyl (C=O) groups excluding carboxylic acids is 1. The van der Waals surface area contributed by atoms with Crippen LogP contribution in [0.5, 0.6) is 5.75 Å². The van der Waals surface area contributed by atoms with Crippen LogP contribution in [0.1, 0.15) is 22.3 Å². The van der Waals surface area contributed by atoms with E-state index in [9.17, 15) is 4.79 Å². The number of fused-ring (bicyclic) bond motifs is 1. The predicted octanol–water partition coefficient (Wildman–Crippen LogP) is 1.84. The average Bonchev–Trinajstić information content (AvgIpc) is 2.61. The molecular formula is C12H14O3. The summed E-state index contributed by atoms with van der Waals surface area (Å²) in [5.74, 6) is 0.975. The Morgan fingerprint density at radius 3 is 2.93 bits per heavy atom. The number of hydrogen-bond acceptors (Lipinski definition) is 3. The van der Waals surface area contributed by atoms with Gasteiger partial charge in [-0.2, -0.15) is 0 Å². The second-order valence-corrected chi connectivity index (χ2v) is 3.58. The zero-order valence-corrected chi connectivity index (χ0v) is 8.79. The minimum atomic E-state index is 0.224. The number of carbonyl (C=O) groups is 1. The lowest BCUT2D eigenvalue weighted by Crippen LogP contribution is -2.04. The third-order valence-corrected chi connectivity index (χ3v) is 2.56. The normalized spacial score (nSPS) is 14.1. The summed E-state index contributed by atoms with van der Waals surface area (Å²) in [4.78, 5) is 11.5. The summed E-state index contributed by atoms with van der Waals surface area (Å²) >= 11 is 0. The van der Waals surface area contributed by atoms with Gasteiger partial charge >= 0.3 is 0 Å². The number of aryl methyl sites for hydroxylation is 1. The first-order valence-corrected chi connectivity index (χ1v) is 5.09. The van der Waals surface area contributed by atoms with E-state index in [2.05, 4.69) is 0 Å². The first-order valence-electron chi connectivity index (χ1n) is 5.09. The lowest BCUT2D eigenvalue weighted by atomic mass is 10.1. The molecule has 3 heteroatoms. The molecule has 1 aliphatic carbocycles. The largest absolute Gasteiger partial charge is 0.491 e. The van der Waals surface area contributed by atoms with Gasteiger partial charge in [0.05, 0.1) is 6.61 Å². The zero-order chi connectivity index (χ0) is 10.7. The minimum absolute atomic E-state index is 0.224. The Morgan fingerprint density at radius 2 is 2.13 bits per heavy atom. The van der Waals surface area contributed by atoms with Gasteiger partial charge in [0.15, 0.2) is 5.78 Å². The average molecular weight is 206 g/mol. The fraction of sp³-hybridized carbons (Fsp3) is 0.417. The number of ether oxygens (including phenoxy) is 2. The molecule has 0 N–H and O–H groups in total. The van der Waals surface area contributed by atoms with Gasteiger partial charge in [0, 0.05) is 19.1 Å². The number of hydrogen-bond donors (Lipinski definition) is 0. The van der Waals surface area contributed by atoms with E-state index in [0.717, 1.165) is 23.3 Å². The molecule has 0 amide bonds. The van der Waals surface area contributed by atoms with Crippen molar-refractivity contribution in [1.29, 1.82) is 0 Å². The van der Waals surface area contributed by atoms with Crippen molar-refractivity contribution in [2.75, 3.05) is 20.3 Å². The second kappa shape index (κ2) is 4.45. The molecule has 0 fully saturated rings. The van der Waals surface area contributed by atoms with Gasteiger partial charge in [0.1, 0.15) is 12.4 Å². The van der Waals surface area contributed by atoms with Gasteiger partial charge in [0.25, 0.3) is 0 Å². The lowest BCUT2D eigenvalue weighted by molar-refractivity contribution is 0.0994. The van der Waals surface area contributed by atoms with Gasteiger partial charge in [-0.15, -0.1) is 0 Å². The van der Waals surface area contributed by atoms with E-state index >= 15 is 0 Å². The minimum Gasteiger partial charge on any atom is -0.491 e. The quantitative estimate of drug-likeness (QED) is 0.705. The van der Waals surface area contributed by atoms with E-state index in [1.54, 1.807) is 7.11 Å². The van der Waals surface area contributed by atoms with Crippen molar-refractivity contribution in [3.63, 3.8) is 0 Å². The Morgan fingerprint density at radius 1 is 1.27 bits per heavy atom. The molecule has 1 aromatic carbocycles. The molecule has 0 aromatic heterocycles. The Hall–Kier alpha value is -1.35. The predicted molar refractivity (Wildman–Crippen MR) is 56.5 cm³/mol. The van der Waals surface area contributed by atoms with Gasteiger partial charge < -0.3 is 9.47 Å². The van der Waals surface area contributed by atoms with Gasteiger partial charge in [-0.25, -0.2) is 0 Å². The lowest BCUT2D eigenvalue weighted by Gasteiger charge is -2.06. The number of benzene rings is 1. The van der Waals surface area contributed by atoms with Crippen molar-refractivity contribution in [2.45, 2.75) is 12.8 Å². The summed E-state index contributed by atoms with van der Waals surface area (Å²) in [6.45, 7) is 1.08. The number of ketones is 1. The van der Waals surface area contributed by atoms with E-state index < -0.39 is 0 Å². The van der Waals surface area contributed by atoms with Crippen LogP contribution in [0, 0.1) is 0 Å². The molecular weight excluding hydrogens is 192 g/mol. The van der Waals surface area contributed by atoms with Gasteiger partial charge in [0.2, 0.25) is 0 Å². The molecule has 0 heterocycles. The van der Waals surface area contributed by atoms with Crippen LogP contribution in [0.15, 0.2) is 18.2 Å². The van der Waals surface area contributed by atoms with Crippen molar-refractivity contribution in [1.82, 2.24) is 0 Å². The molecule has 1 aromatic rings. The van der Waals surface area contributed by atoms with Crippen LogP contribution in [-0.2, 0) is 11.2 Å². The summed E-state index contributed by atoms with van der Waals surface area (Å²) in [6.07, 6.45) is 1.50. The molecule has 0 bridgehead atoms. The highest BCUT2D eigenvalue weighted by Gasteiger charge is 2.19. The topological polar surface area (TPSA) is 35.5 Å². The van der Waals surface area contributed by atoms with Crippen LogP contribution in [0.3, 0.4) is 0 Å². The van der Waals surface area contributed by atoms with Crippen molar-refractivity contribution < 1.29 is 14.3 Å². The van der Waals surface area contributed by atoms with Crippen LogP contribution in [0.25, 0.3) is 0 Å². The van der Waals surface area contributed by atoms with E-state index in [0.29, 0.717) is 19.6 Å². The van der Waals surface area contributed by atoms with E-state index in [4.69, 9.17) is 9.47 Å². The first kappa shape index (κ1) is 10.2. The molecule has 15 heavy (non-hydrogen) atoms. The number of methoxy groups -OCH3 is 1. The summed E-state index contributed by atoms with van der Waals surface area (Å²) < 4.78 is 10.3. The van der Waals surface area contributed by atoms with Gasteiger partial charge in [-0.05, 0) is 24.1 Å². The van der Waals surface area contributed by atoms with Crippen LogP contribution in [0.2, 0.25) is 0 Å². The molecule has 3 nitrogen and oxygen atoms in total. The molecule has 2 rings (SSSR count). The Bertz CT molecular complexity index is 371. The molecule has 0 atom stereocenters. The Balaban J connectivity index is 2.08. The fourth-order valence-corrected chi connectivity index (χ4v) is 1.75. The SMILES string of the molecule is COCCOc1ccc2c(c1)C(=O)CC2. The maximum Gasteiger partial charge on any atom is 0.163 e. The maximum atomic E-state index is 11.5. The highest BCUT2D eigenvalue weighted by molar-refractivity contribution is 6.00. The molecule has 0 saturated heterocycles. The maximum absolute atomic E-state index is 11.5. The fourth-order valence-electron chi connectivity index (χ4n) is 1.75. The van der Waals surface area contributed by atoms with Crippen LogP contribution in [-0.4, -0.2) is 26.1 Å². The van der Waals surface area contributed by atoms with E-state index in [-0.39, 0.29) is 5.78 Å². The van der Waals surface area contributed by atoms with Gasteiger partial charge in [-0.3, -0.25) is 4.79 Å². The third-order valence-electron chi connectivity index (χ3n) is 2.56. The summed E-state index contributed by atoms with van der Waals surface area (Å²) in [7, 11) is 1.63. The highest BCUT2D eigenvalue weighted by atomic mass is 16.5. The van der Waals surface area contributed by atoms with Crippen LogP contribution < -0.4 is 4.74 Å². The van der Waals surface area contributed by atoms with Crippen molar-refractivity contribution in [3.05, 3.63) is 29.3 Å². The standard InChI is InChI=1S/C12H14O3/c1-14-6-7-15-10-4-2-9-3-5-12(13)11(9)8-10/h2,4,8H,3,5-7H2,1H3. The summed E-state index contributed by atoms with van der Waals surface area (Å²) in [6, 6.07) is 5.72. The summed E-state index contributed by atoms with van der Waals surface area (Å²) in [5, 5.41) is 0. The van der Waals surface area contributed by atoms with Gasteiger partial charge in [-0.1, -0.05) is 6.07 Å². The Labute approximate surface area is 89.0 Å². The molecule has 0 saturated carbocycles. The number of rotatable bonds is 4. The van der Waals surface area contributed by atoms with Crippen molar-refractivity contribution >= 4 is 5.78 Å². The smallest absolute Gasteiger partial charge is 0.163 e. The van der Waals surface area contributed by atoms with Crippen LogP contribution >= 0.6 is 0 Å². The molecule has 0 radical (unpaired) electrons. The monoisotopic (exact) mass is 206 g/mol. The molecule has 0 aliphatic heterocycles. The first-order chi connectivity index (χ1) is 7.31. The highest BCUT2D eigenvalue weighted by Crippen LogP contribution is 2.25. The molecule has 1 aliphatic rings. The number of Topliss-reactive ketones (excluding diaryl/α,β-unsaturated/α-hetero) is 1. The van der Waals surface area contributed by atoms with E-state index in [1.807, 2.05) is 18.2 Å².